The quantitative estimate of drug-likeness (QED) is 0.503. The van der Waals surface area contributed by atoms with Gasteiger partial charge in [-0.1, -0.05) is 48.2 Å². The highest BCUT2D eigenvalue weighted by Gasteiger charge is 2.21. The monoisotopic (exact) mass is 397 g/mol. The van der Waals surface area contributed by atoms with E-state index in [1.54, 1.807) is 6.20 Å². The smallest absolute Gasteiger partial charge is 0.330 e. The summed E-state index contributed by atoms with van der Waals surface area (Å²) in [5.74, 6) is -0.922. The molecule has 0 bridgehead atoms. The van der Waals surface area contributed by atoms with Gasteiger partial charge in [0.2, 0.25) is 0 Å². The number of carboxylic acids is 1. The molecule has 0 saturated heterocycles. The van der Waals surface area contributed by atoms with Crippen LogP contribution in [0.5, 0.6) is 0 Å². The summed E-state index contributed by atoms with van der Waals surface area (Å²) in [4.78, 5) is 16.1. The highest BCUT2D eigenvalue weighted by Crippen LogP contribution is 2.24. The minimum absolute atomic E-state index is 0.0656. The predicted octanol–water partition coefficient (Wildman–Crippen LogP) is 3.69. The minimum Gasteiger partial charge on any atom is -0.479 e. The second-order valence-corrected chi connectivity index (χ2v) is 7.22. The van der Waals surface area contributed by atoms with Crippen molar-refractivity contribution >= 4 is 23.4 Å². The average Bonchev–Trinajstić information content (AvgIpc) is 3.09. The second-order valence-electron chi connectivity index (χ2n) is 6.45. The Labute approximate surface area is 168 Å². The van der Waals surface area contributed by atoms with Gasteiger partial charge in [0.1, 0.15) is 0 Å². The van der Waals surface area contributed by atoms with Gasteiger partial charge in [-0.2, -0.15) is 0 Å². The summed E-state index contributed by atoms with van der Waals surface area (Å²) in [6, 6.07) is 14.3. The molecular weight excluding hydrogens is 374 g/mol. The van der Waals surface area contributed by atoms with Gasteiger partial charge in [-0.3, -0.25) is 0 Å². The molecule has 3 rings (SSSR count). The van der Waals surface area contributed by atoms with Gasteiger partial charge in [0.05, 0.1) is 18.5 Å². The van der Waals surface area contributed by atoms with Gasteiger partial charge in [-0.15, -0.1) is 0 Å². The van der Waals surface area contributed by atoms with E-state index in [-0.39, 0.29) is 6.61 Å². The number of thioether (sulfide) groups is 1. The normalized spacial score (nSPS) is 12.0. The highest BCUT2D eigenvalue weighted by atomic mass is 32.2. The molecule has 2 aromatic carbocycles. The number of carboxylic acid groups (broad SMARTS) is 1. The maximum absolute atomic E-state index is 11.8. The zero-order valence-electron chi connectivity index (χ0n) is 15.8. The summed E-state index contributed by atoms with van der Waals surface area (Å²) in [5.41, 5.74) is 4.21. The molecular formula is C21H23N3O3S. The molecule has 0 aliphatic carbocycles. The van der Waals surface area contributed by atoms with Gasteiger partial charge >= 0.3 is 5.97 Å². The topological polar surface area (TPSA) is 87.4 Å². The third-order valence-corrected chi connectivity index (χ3v) is 5.29. The largest absolute Gasteiger partial charge is 0.479 e. The fourth-order valence-corrected chi connectivity index (χ4v) is 3.65. The number of carbonyl (C=O) groups is 1. The maximum atomic E-state index is 11.8. The zero-order valence-corrected chi connectivity index (χ0v) is 16.6. The van der Waals surface area contributed by atoms with E-state index in [9.17, 15) is 15.0 Å². The Hall–Kier alpha value is -2.77. The average molecular weight is 398 g/mol. The molecule has 7 heteroatoms. The molecule has 0 radical (unpaired) electrons. The lowest BCUT2D eigenvalue weighted by atomic mass is 10.0. The first-order valence-corrected chi connectivity index (χ1v) is 10.1. The molecule has 0 saturated carbocycles. The number of aliphatic hydroxyl groups is 1. The first-order valence-electron chi connectivity index (χ1n) is 8.86. The van der Waals surface area contributed by atoms with Crippen molar-refractivity contribution in [2.24, 2.45) is 0 Å². The van der Waals surface area contributed by atoms with Crippen molar-refractivity contribution in [1.82, 2.24) is 9.55 Å². The van der Waals surface area contributed by atoms with Crippen LogP contribution in [0.15, 0.2) is 59.9 Å². The molecule has 0 aliphatic rings. The third kappa shape index (κ3) is 4.37. The van der Waals surface area contributed by atoms with E-state index in [1.807, 2.05) is 66.3 Å². The van der Waals surface area contributed by atoms with E-state index in [0.717, 1.165) is 33.2 Å². The van der Waals surface area contributed by atoms with Crippen LogP contribution >= 0.6 is 11.8 Å². The van der Waals surface area contributed by atoms with Crippen LogP contribution in [0, 0.1) is 6.92 Å². The van der Waals surface area contributed by atoms with E-state index in [1.165, 1.54) is 11.8 Å². The van der Waals surface area contributed by atoms with Crippen LogP contribution in [-0.2, 0) is 17.9 Å². The minimum atomic E-state index is -0.922. The van der Waals surface area contributed by atoms with E-state index in [2.05, 4.69) is 10.3 Å². The van der Waals surface area contributed by atoms with Crippen molar-refractivity contribution in [3.63, 3.8) is 0 Å². The Morgan fingerprint density at radius 2 is 1.93 bits per heavy atom. The van der Waals surface area contributed by atoms with Crippen molar-refractivity contribution in [3.8, 4) is 0 Å². The van der Waals surface area contributed by atoms with E-state index in [4.69, 9.17) is 0 Å². The molecule has 1 unspecified atom stereocenters. The van der Waals surface area contributed by atoms with Crippen LogP contribution in [0.3, 0.4) is 0 Å². The number of rotatable bonds is 8. The fraction of sp³-hybridized carbons (Fsp3) is 0.238. The summed E-state index contributed by atoms with van der Waals surface area (Å²) < 4.78 is 1.97. The lowest BCUT2D eigenvalue weighted by Crippen LogP contribution is -2.21. The third-order valence-electron chi connectivity index (χ3n) is 4.60. The van der Waals surface area contributed by atoms with Gasteiger partial charge in [0, 0.05) is 12.2 Å². The second kappa shape index (κ2) is 8.95. The molecule has 3 aromatic rings. The van der Waals surface area contributed by atoms with Crippen molar-refractivity contribution in [2.75, 3.05) is 11.6 Å². The van der Waals surface area contributed by atoms with Gasteiger partial charge in [-0.25, -0.2) is 9.78 Å². The number of hydrogen-bond donors (Lipinski definition) is 3. The number of imidazole rings is 1. The number of anilines is 1. The number of aromatic nitrogens is 2. The van der Waals surface area contributed by atoms with Crippen molar-refractivity contribution < 1.29 is 15.0 Å². The van der Waals surface area contributed by atoms with Gasteiger partial charge in [0.25, 0.3) is 0 Å². The SMILES string of the molecule is CSc1ncc(CO)n1Cc1ccc(NC(C(=O)O)c2ccccc2C)cc1. The molecule has 1 atom stereocenters. The molecule has 0 spiro atoms. The fourth-order valence-electron chi connectivity index (χ4n) is 3.09. The number of hydrogen-bond acceptors (Lipinski definition) is 5. The van der Waals surface area contributed by atoms with Crippen LogP contribution in [0.2, 0.25) is 0 Å². The van der Waals surface area contributed by atoms with E-state index in [0.29, 0.717) is 6.54 Å². The van der Waals surface area contributed by atoms with Crippen molar-refractivity contribution in [2.45, 2.75) is 31.3 Å². The van der Waals surface area contributed by atoms with Crippen LogP contribution < -0.4 is 5.32 Å². The van der Waals surface area contributed by atoms with Gasteiger partial charge in [-0.05, 0) is 42.0 Å². The Kier molecular flexibility index (Phi) is 6.38. The Bertz CT molecular complexity index is 932. The molecule has 6 nitrogen and oxygen atoms in total. The summed E-state index contributed by atoms with van der Waals surface area (Å²) in [5, 5.41) is 23.1. The first kappa shape index (κ1) is 20.0. The summed E-state index contributed by atoms with van der Waals surface area (Å²) in [6.45, 7) is 2.43. The standard InChI is InChI=1S/C21H23N3O3S/c1-14-5-3-4-6-18(14)19(20(26)27)23-16-9-7-15(8-10-16)12-24-17(13-25)11-22-21(24)28-2/h3-11,19,23,25H,12-13H2,1-2H3,(H,26,27). The number of aliphatic hydroxyl groups excluding tert-OH is 1. The lowest BCUT2D eigenvalue weighted by Gasteiger charge is -2.18. The summed E-state index contributed by atoms with van der Waals surface area (Å²) in [6.07, 6.45) is 3.63. The van der Waals surface area contributed by atoms with Crippen LogP contribution in [0.1, 0.15) is 28.4 Å². The number of nitrogens with one attached hydrogen (secondary N) is 1. The number of benzene rings is 2. The van der Waals surface area contributed by atoms with Crippen LogP contribution in [0.25, 0.3) is 0 Å². The molecule has 1 aromatic heterocycles. The molecule has 28 heavy (non-hydrogen) atoms. The Balaban J connectivity index is 1.78. The summed E-state index contributed by atoms with van der Waals surface area (Å²) >= 11 is 1.53. The van der Waals surface area contributed by atoms with E-state index >= 15 is 0 Å². The van der Waals surface area contributed by atoms with Crippen molar-refractivity contribution in [1.29, 1.82) is 0 Å². The predicted molar refractivity (Wildman–Crippen MR) is 111 cm³/mol. The molecule has 146 valence electrons. The molecule has 0 amide bonds. The maximum Gasteiger partial charge on any atom is 0.330 e. The van der Waals surface area contributed by atoms with Gasteiger partial charge < -0.3 is 20.1 Å². The van der Waals surface area contributed by atoms with E-state index < -0.39 is 12.0 Å². The number of nitrogens with zero attached hydrogens (tertiary/aromatic N) is 2. The van der Waals surface area contributed by atoms with Gasteiger partial charge in [0.15, 0.2) is 11.2 Å². The zero-order chi connectivity index (χ0) is 20.1. The Morgan fingerprint density at radius 1 is 1.21 bits per heavy atom. The lowest BCUT2D eigenvalue weighted by molar-refractivity contribution is -0.138. The molecule has 3 N–H and O–H groups in total. The first-order chi connectivity index (χ1) is 13.5. The molecule has 1 heterocycles. The van der Waals surface area contributed by atoms with Crippen molar-refractivity contribution in [3.05, 3.63) is 77.1 Å². The number of aryl methyl sites for hydroxylation is 1. The summed E-state index contributed by atoms with van der Waals surface area (Å²) in [7, 11) is 0. The highest BCUT2D eigenvalue weighted by molar-refractivity contribution is 7.98. The Morgan fingerprint density at radius 3 is 2.54 bits per heavy atom. The molecule has 0 fully saturated rings. The van der Waals surface area contributed by atoms with Crippen LogP contribution in [-0.4, -0.2) is 32.0 Å². The number of aliphatic carboxylic acids is 1. The molecule has 0 aliphatic heterocycles. The van der Waals surface area contributed by atoms with Crippen LogP contribution in [0.4, 0.5) is 5.69 Å².